The summed E-state index contributed by atoms with van der Waals surface area (Å²) in [5.74, 6) is -1.25. The van der Waals surface area contributed by atoms with Crippen LogP contribution in [0.5, 0.6) is 0 Å². The average Bonchev–Trinajstić information content (AvgIpc) is 2.28. The quantitative estimate of drug-likeness (QED) is 0.850. The van der Waals surface area contributed by atoms with Crippen LogP contribution in [0.2, 0.25) is 0 Å². The van der Waals surface area contributed by atoms with Gasteiger partial charge >= 0.3 is 16.5 Å². The monoisotopic (exact) mass is 305 g/mol. The van der Waals surface area contributed by atoms with E-state index in [-0.39, 0.29) is 11.7 Å². The molecule has 0 spiro atoms. The van der Waals surface area contributed by atoms with Crippen LogP contribution >= 0.6 is 11.6 Å². The molecule has 0 saturated heterocycles. The topological polar surface area (TPSA) is 101 Å². The number of benzene rings is 1. The Morgan fingerprint density at radius 3 is 2.16 bits per heavy atom. The Kier molecular flexibility index (Phi) is 8.39. The summed E-state index contributed by atoms with van der Waals surface area (Å²) in [4.78, 5) is 19.9. The molecule has 6 nitrogen and oxygen atoms in total. The van der Waals surface area contributed by atoms with Crippen molar-refractivity contribution in [1.29, 1.82) is 0 Å². The summed E-state index contributed by atoms with van der Waals surface area (Å²) in [6, 6.07) is 7.50. The molecule has 0 fully saturated rings. The molecular formula is C11H12ClNO5S. The maximum atomic E-state index is 10.7. The summed E-state index contributed by atoms with van der Waals surface area (Å²) in [7, 11) is -2.70. The van der Waals surface area contributed by atoms with Crippen molar-refractivity contribution in [3.63, 3.8) is 0 Å². The van der Waals surface area contributed by atoms with E-state index in [9.17, 15) is 18.0 Å². The van der Waals surface area contributed by atoms with Crippen LogP contribution in [-0.2, 0) is 26.5 Å². The first kappa shape index (κ1) is 17.3. The van der Waals surface area contributed by atoms with Crippen molar-refractivity contribution in [2.24, 2.45) is 4.36 Å². The number of rotatable bonds is 4. The van der Waals surface area contributed by atoms with Gasteiger partial charge in [-0.15, -0.1) is 0 Å². The first-order chi connectivity index (χ1) is 8.82. The fourth-order valence-electron chi connectivity index (χ4n) is 1.11. The molecule has 0 aliphatic heterocycles. The second kappa shape index (κ2) is 9.23. The number of hydrogen-bond donors (Lipinski definition) is 1. The largest absolute Gasteiger partial charge is 0.480 e. The van der Waals surface area contributed by atoms with Crippen LogP contribution < -0.4 is 0 Å². The van der Waals surface area contributed by atoms with Gasteiger partial charge < -0.3 is 5.11 Å². The fourth-order valence-corrected chi connectivity index (χ4v) is 1.48. The Balaban J connectivity index is 0.000000711. The van der Waals surface area contributed by atoms with Gasteiger partial charge in [0.2, 0.25) is 5.24 Å². The maximum absolute atomic E-state index is 10.7. The Hall–Kier alpha value is -1.73. The summed E-state index contributed by atoms with van der Waals surface area (Å²) in [5.41, 5.74) is 0.735. The molecule has 1 aromatic rings. The van der Waals surface area contributed by atoms with Gasteiger partial charge in [0.25, 0.3) is 0 Å². The van der Waals surface area contributed by atoms with E-state index in [0.717, 1.165) is 5.56 Å². The van der Waals surface area contributed by atoms with Gasteiger partial charge in [-0.2, -0.15) is 12.8 Å². The molecule has 0 saturated carbocycles. The van der Waals surface area contributed by atoms with Crippen LogP contribution in [-0.4, -0.2) is 30.8 Å². The number of carbonyl (C=O) groups excluding carboxylic acids is 1. The number of halogens is 1. The van der Waals surface area contributed by atoms with Gasteiger partial charge in [0.05, 0.1) is 0 Å². The zero-order valence-corrected chi connectivity index (χ0v) is 11.6. The highest BCUT2D eigenvalue weighted by Gasteiger charge is 2.17. The van der Waals surface area contributed by atoms with Crippen LogP contribution in [0.1, 0.15) is 12.5 Å². The van der Waals surface area contributed by atoms with E-state index in [4.69, 9.17) is 5.11 Å². The van der Waals surface area contributed by atoms with E-state index < -0.39 is 22.5 Å². The number of nitrogens with zero attached hydrogens (tertiary/aromatic N) is 1. The van der Waals surface area contributed by atoms with Crippen molar-refractivity contribution in [3.8, 4) is 0 Å². The summed E-state index contributed by atoms with van der Waals surface area (Å²) < 4.78 is 23.6. The minimum absolute atomic E-state index is 0.0736. The van der Waals surface area contributed by atoms with Gasteiger partial charge in [0, 0.05) is 13.3 Å². The third-order valence-corrected chi connectivity index (χ3v) is 2.20. The summed E-state index contributed by atoms with van der Waals surface area (Å²) in [6.45, 7) is 1.29. The van der Waals surface area contributed by atoms with Crippen molar-refractivity contribution in [2.75, 3.05) is 0 Å². The Morgan fingerprint density at radius 2 is 1.79 bits per heavy atom. The van der Waals surface area contributed by atoms with Gasteiger partial charge in [0.1, 0.15) is 0 Å². The zero-order valence-electron chi connectivity index (χ0n) is 9.98. The standard InChI is InChI=1S/C9H9NO4S.C2H3ClO/c11-9(12)8(10-15(13)14)6-7-4-2-1-3-5-7;1-2(3)4/h1-5,8H,6H2,(H,11,12);1H3/t8-;/m0./s1. The summed E-state index contributed by atoms with van der Waals surface area (Å²) in [5, 5.41) is 8.36. The van der Waals surface area contributed by atoms with E-state index in [1.54, 1.807) is 30.3 Å². The van der Waals surface area contributed by atoms with Gasteiger partial charge in [-0.3, -0.25) is 4.79 Å². The van der Waals surface area contributed by atoms with Crippen molar-refractivity contribution in [2.45, 2.75) is 19.4 Å². The van der Waals surface area contributed by atoms with Crippen molar-refractivity contribution in [1.82, 2.24) is 0 Å². The minimum Gasteiger partial charge on any atom is -0.480 e. The van der Waals surface area contributed by atoms with E-state index >= 15 is 0 Å². The number of aliphatic carboxylic acids is 1. The number of carboxylic acid groups (broad SMARTS) is 1. The molecule has 1 atom stereocenters. The summed E-state index contributed by atoms with van der Waals surface area (Å²) in [6.07, 6.45) is 0.0736. The second-order valence-corrected chi connectivity index (χ2v) is 4.51. The molecule has 0 amide bonds. The minimum atomic E-state index is -2.70. The van der Waals surface area contributed by atoms with Gasteiger partial charge in [-0.05, 0) is 17.2 Å². The molecule has 1 N–H and O–H groups in total. The molecular weight excluding hydrogens is 294 g/mol. The molecule has 0 radical (unpaired) electrons. The highest BCUT2D eigenvalue weighted by Crippen LogP contribution is 2.05. The zero-order chi connectivity index (χ0) is 14.8. The maximum Gasteiger partial charge on any atom is 0.330 e. The molecule has 0 unspecified atom stereocenters. The highest BCUT2D eigenvalue weighted by atomic mass is 35.5. The van der Waals surface area contributed by atoms with Crippen LogP contribution in [0.3, 0.4) is 0 Å². The average molecular weight is 306 g/mol. The lowest BCUT2D eigenvalue weighted by Crippen LogP contribution is -2.20. The third-order valence-electron chi connectivity index (χ3n) is 1.77. The molecule has 1 rings (SSSR count). The molecule has 8 heteroatoms. The lowest BCUT2D eigenvalue weighted by atomic mass is 10.1. The number of carbonyl (C=O) groups is 2. The van der Waals surface area contributed by atoms with Gasteiger partial charge in [-0.1, -0.05) is 30.3 Å². The molecule has 0 aliphatic carbocycles. The van der Waals surface area contributed by atoms with E-state index in [1.807, 2.05) is 0 Å². The lowest BCUT2D eigenvalue weighted by molar-refractivity contribution is -0.138. The molecule has 104 valence electrons. The Labute approximate surface area is 116 Å². The van der Waals surface area contributed by atoms with E-state index in [2.05, 4.69) is 16.0 Å². The predicted octanol–water partition coefficient (Wildman–Crippen LogP) is 1.52. The normalized spacial score (nSPS) is 10.6. The predicted molar refractivity (Wildman–Crippen MR) is 69.5 cm³/mol. The Morgan fingerprint density at radius 1 is 1.32 bits per heavy atom. The molecule has 19 heavy (non-hydrogen) atoms. The van der Waals surface area contributed by atoms with Crippen LogP contribution in [0.4, 0.5) is 0 Å². The molecule has 0 aliphatic rings. The smallest absolute Gasteiger partial charge is 0.330 e. The van der Waals surface area contributed by atoms with Crippen LogP contribution in [0.15, 0.2) is 34.7 Å². The van der Waals surface area contributed by atoms with Crippen LogP contribution in [0.25, 0.3) is 0 Å². The van der Waals surface area contributed by atoms with Crippen molar-refractivity contribution < 1.29 is 23.1 Å². The molecule has 0 bridgehead atoms. The first-order valence-corrected chi connectivity index (χ1v) is 6.47. The molecule has 0 heterocycles. The third kappa shape index (κ3) is 9.93. The first-order valence-electron chi connectivity index (χ1n) is 5.06. The summed E-state index contributed by atoms with van der Waals surface area (Å²) >= 11 is 4.64. The SMILES string of the molecule is CC(=O)Cl.O=C(O)[C@H](Cc1ccccc1)N=S(=O)=O. The molecule has 1 aromatic carbocycles. The van der Waals surface area contributed by atoms with Crippen LogP contribution in [0, 0.1) is 0 Å². The Bertz CT molecular complexity index is 544. The van der Waals surface area contributed by atoms with E-state index in [1.165, 1.54) is 6.92 Å². The second-order valence-electron chi connectivity index (χ2n) is 3.34. The van der Waals surface area contributed by atoms with Gasteiger partial charge in [-0.25, -0.2) is 4.79 Å². The van der Waals surface area contributed by atoms with Crippen molar-refractivity contribution in [3.05, 3.63) is 35.9 Å². The number of carboxylic acids is 1. The lowest BCUT2D eigenvalue weighted by Gasteiger charge is -2.04. The van der Waals surface area contributed by atoms with Gasteiger partial charge in [0.15, 0.2) is 6.04 Å². The van der Waals surface area contributed by atoms with E-state index in [0.29, 0.717) is 0 Å². The molecule has 0 aromatic heterocycles. The van der Waals surface area contributed by atoms with Crippen molar-refractivity contribution >= 4 is 33.3 Å². The number of hydrogen-bond acceptors (Lipinski definition) is 5. The fraction of sp³-hybridized carbons (Fsp3) is 0.273. The highest BCUT2D eigenvalue weighted by molar-refractivity contribution is 7.61.